The maximum Gasteiger partial charge on any atom is 0.140 e. The molecular formula is C127H81N13. The van der Waals surface area contributed by atoms with Crippen molar-refractivity contribution in [3.05, 3.63) is 491 Å². The fraction of sp³-hybridized carbons (Fsp3) is 0. The van der Waals surface area contributed by atoms with Gasteiger partial charge in [-0.25, -0.2) is 24.9 Å². The zero-order chi connectivity index (χ0) is 92.0. The number of hydrogen-bond acceptors (Lipinski definition) is 5. The average molecular weight is 1790 g/mol. The smallest absolute Gasteiger partial charge is 0.140 e. The number of nitrogens with zero attached hydrogens (tertiary/aromatic N) is 13. The van der Waals surface area contributed by atoms with E-state index >= 15 is 0 Å². The third kappa shape index (κ3) is 12.6. The lowest BCUT2D eigenvalue weighted by atomic mass is 10.1. The molecule has 0 aliphatic carbocycles. The van der Waals surface area contributed by atoms with Gasteiger partial charge in [0.15, 0.2) is 0 Å². The van der Waals surface area contributed by atoms with Gasteiger partial charge in [-0.2, -0.15) is 0 Å². The van der Waals surface area contributed by atoms with E-state index in [1.54, 1.807) is 0 Å². The molecule has 0 radical (unpaired) electrons. The molecule has 140 heavy (non-hydrogen) atoms. The molecule has 0 fully saturated rings. The second-order valence-corrected chi connectivity index (χ2v) is 35.8. The number of hydrogen-bond donors (Lipinski definition) is 0. The van der Waals surface area contributed by atoms with Crippen molar-refractivity contribution in [2.45, 2.75) is 0 Å². The van der Waals surface area contributed by atoms with Gasteiger partial charge in [-0.05, 0) is 182 Å². The summed E-state index contributed by atoms with van der Waals surface area (Å²) < 4.78 is 18.5. The highest BCUT2D eigenvalue weighted by molar-refractivity contribution is 6.29. The van der Waals surface area contributed by atoms with Crippen LogP contribution in [-0.4, -0.2) is 61.5 Å². The highest BCUT2D eigenvalue weighted by atomic mass is 15.2. The standard InChI is InChI=1S/C46H29N5.C41H26N4.C40H26N4/c1-2-14-30(15-3-1)49-39-22-8-6-18-33(39)35-28-36-34-19-7-11-25-42(34)51(44(36)29-43(35)49)46-27-13-21-38(48-46)37-20-12-26-45(47-37)50-40-23-9-4-16-31(40)32-17-5-10-24-41(32)50;1-2-13-27(14-3-1)43-34-19-8-6-17-30(34)32-25-33-31-18-7-11-22-37(31)45(39(33)26-38(32)43)41-24-12-23-40(42-41)44-35-20-9-4-15-28(35)29-16-5-10-21-36(29)44;1-3-13-27(14-4-1)31-19-11-23-37(41-31)43-33-21-9-7-17-29(33)39-35(43)25-26-36-40(39)30-18-8-10-22-34(30)44(36)38-24-12-20-32(42-38)28-15-5-2-6-16-28/h1-29H;1-26H;1-26H. The molecule has 0 spiro atoms. The first-order valence-electron chi connectivity index (χ1n) is 47.5. The molecule has 17 aromatic carbocycles. The minimum atomic E-state index is 0.820. The van der Waals surface area contributed by atoms with E-state index in [0.29, 0.717) is 0 Å². The van der Waals surface area contributed by atoms with Gasteiger partial charge < -0.3 is 9.13 Å². The number of fused-ring (bicyclic) bond motifs is 25. The SMILES string of the molecule is c1ccc(-c2cccc(-n3c4ccccc4c4c5c6ccccc6n(-c6cccc(-c7ccccc7)n6)c5ccc43)n2)cc1.c1ccc(-n2c3ccccc3c3cc4c5ccccc5n(-c5cccc(-c6cccc(-n7c8ccccc8c8ccccc87)n6)n5)c4cc32)cc1.c1ccc(-n2c3ccccc3c3cc4c5ccccc5n(-c5cccc(-n6c7ccccc7c7ccccc76)n5)c4cc32)cc1. The lowest BCUT2D eigenvalue weighted by molar-refractivity contribution is 1.01. The summed E-state index contributed by atoms with van der Waals surface area (Å²) in [4.78, 5) is 26.3. The minimum absolute atomic E-state index is 0.820. The van der Waals surface area contributed by atoms with Crippen LogP contribution >= 0.6 is 0 Å². The summed E-state index contributed by atoms with van der Waals surface area (Å²) in [6, 6.07) is 174. The predicted octanol–water partition coefficient (Wildman–Crippen LogP) is 31.8. The summed E-state index contributed by atoms with van der Waals surface area (Å²) >= 11 is 0. The van der Waals surface area contributed by atoms with Crippen LogP contribution in [0, 0.1) is 0 Å². The molecule has 30 rings (SSSR count). The van der Waals surface area contributed by atoms with Crippen LogP contribution in [0.25, 0.3) is 255 Å². The Bertz CT molecular complexity index is 9950. The van der Waals surface area contributed by atoms with Crippen molar-refractivity contribution in [1.29, 1.82) is 0 Å². The van der Waals surface area contributed by atoms with Crippen LogP contribution in [0.2, 0.25) is 0 Å². The van der Waals surface area contributed by atoms with Crippen molar-refractivity contribution in [3.63, 3.8) is 0 Å². The zero-order valence-electron chi connectivity index (χ0n) is 75.6. The van der Waals surface area contributed by atoms with Crippen molar-refractivity contribution in [2.24, 2.45) is 0 Å². The van der Waals surface area contributed by atoms with Crippen molar-refractivity contribution in [3.8, 4) is 80.2 Å². The number of pyridine rings is 5. The van der Waals surface area contributed by atoms with Crippen molar-refractivity contribution in [2.75, 3.05) is 0 Å². The first-order chi connectivity index (χ1) is 69.5. The second-order valence-electron chi connectivity index (χ2n) is 35.8. The fourth-order valence-electron chi connectivity index (χ4n) is 22.1. The van der Waals surface area contributed by atoms with Gasteiger partial charge in [0.2, 0.25) is 0 Å². The number of rotatable bonds is 11. The second kappa shape index (κ2) is 32.3. The topological polar surface area (TPSA) is 104 Å². The first kappa shape index (κ1) is 79.4. The van der Waals surface area contributed by atoms with E-state index in [1.165, 1.54) is 103 Å². The summed E-state index contributed by atoms with van der Waals surface area (Å²) in [5.74, 6) is 5.31. The Morgan fingerprint density at radius 1 is 0.114 bits per heavy atom. The summed E-state index contributed by atoms with van der Waals surface area (Å²) in [6.45, 7) is 0. The molecule has 0 N–H and O–H groups in total. The van der Waals surface area contributed by atoms with E-state index in [0.717, 1.165) is 152 Å². The van der Waals surface area contributed by atoms with Crippen LogP contribution in [0.4, 0.5) is 0 Å². The van der Waals surface area contributed by atoms with Gasteiger partial charge in [-0.15, -0.1) is 0 Å². The predicted molar refractivity (Wildman–Crippen MR) is 579 cm³/mol. The molecule has 0 saturated heterocycles. The molecule has 13 aromatic heterocycles. The van der Waals surface area contributed by atoms with Crippen LogP contribution in [0.5, 0.6) is 0 Å². The van der Waals surface area contributed by atoms with Gasteiger partial charge in [0.1, 0.15) is 34.9 Å². The van der Waals surface area contributed by atoms with Gasteiger partial charge in [0.05, 0.1) is 111 Å². The summed E-state index contributed by atoms with van der Waals surface area (Å²) in [5.41, 5.74) is 26.4. The molecular weight excluding hydrogens is 1710 g/mol. The Labute approximate surface area is 802 Å². The van der Waals surface area contributed by atoms with Gasteiger partial charge in [0, 0.05) is 109 Å². The third-order valence-corrected chi connectivity index (χ3v) is 28.0. The highest BCUT2D eigenvalue weighted by Crippen LogP contribution is 2.47. The van der Waals surface area contributed by atoms with Crippen molar-refractivity contribution >= 4 is 174 Å². The van der Waals surface area contributed by atoms with Crippen LogP contribution in [0.1, 0.15) is 0 Å². The monoisotopic (exact) mass is 1790 g/mol. The molecule has 0 unspecified atom stereocenters. The minimum Gasteiger partial charge on any atom is -0.309 e. The number of para-hydroxylation sites is 12. The van der Waals surface area contributed by atoms with E-state index in [9.17, 15) is 0 Å². The Balaban J connectivity index is 0.000000103. The Morgan fingerprint density at radius 3 is 0.614 bits per heavy atom. The number of benzene rings is 17. The van der Waals surface area contributed by atoms with Crippen LogP contribution in [0.3, 0.4) is 0 Å². The molecule has 30 aromatic rings. The lowest BCUT2D eigenvalue weighted by Gasteiger charge is -2.12. The quantitative estimate of drug-likeness (QED) is 0.128. The normalized spacial score (nSPS) is 11.9. The van der Waals surface area contributed by atoms with E-state index < -0.39 is 0 Å². The Morgan fingerprint density at radius 2 is 0.314 bits per heavy atom. The number of aromatic nitrogens is 13. The molecule has 0 aliphatic rings. The van der Waals surface area contributed by atoms with E-state index in [4.69, 9.17) is 24.9 Å². The molecule has 13 heteroatoms. The molecule has 0 bridgehead atoms. The molecule has 654 valence electrons. The molecule has 13 nitrogen and oxygen atoms in total. The van der Waals surface area contributed by atoms with Crippen molar-refractivity contribution < 1.29 is 0 Å². The van der Waals surface area contributed by atoms with Gasteiger partial charge >= 0.3 is 0 Å². The maximum absolute atomic E-state index is 5.38. The molecule has 0 aliphatic heterocycles. The van der Waals surface area contributed by atoms with Crippen molar-refractivity contribution in [1.82, 2.24) is 61.5 Å². The Kier molecular flexibility index (Phi) is 18.4. The first-order valence-corrected chi connectivity index (χ1v) is 47.5. The van der Waals surface area contributed by atoms with Gasteiger partial charge in [0.25, 0.3) is 0 Å². The lowest BCUT2D eigenvalue weighted by Crippen LogP contribution is -2.03. The molecule has 0 amide bonds. The van der Waals surface area contributed by atoms with E-state index in [1.807, 2.05) is 12.1 Å². The van der Waals surface area contributed by atoms with E-state index in [2.05, 4.69) is 516 Å². The third-order valence-electron chi connectivity index (χ3n) is 28.0. The maximum atomic E-state index is 5.38. The summed E-state index contributed by atoms with van der Waals surface area (Å²) in [6.07, 6.45) is 0. The molecule has 0 saturated carbocycles. The van der Waals surface area contributed by atoms with Gasteiger partial charge in [-0.3, -0.25) is 27.4 Å². The zero-order valence-corrected chi connectivity index (χ0v) is 75.6. The summed E-state index contributed by atoms with van der Waals surface area (Å²) in [7, 11) is 0. The summed E-state index contributed by atoms with van der Waals surface area (Å²) in [5, 5.41) is 19.5. The Hall–Kier alpha value is -19.1. The molecule has 13 heterocycles. The van der Waals surface area contributed by atoms with E-state index in [-0.39, 0.29) is 0 Å². The fourth-order valence-corrected chi connectivity index (χ4v) is 22.1. The van der Waals surface area contributed by atoms with Gasteiger partial charge in [-0.1, -0.05) is 309 Å². The largest absolute Gasteiger partial charge is 0.309 e. The average Bonchev–Trinajstić information content (AvgIpc) is 1.54. The van der Waals surface area contributed by atoms with Crippen LogP contribution in [-0.2, 0) is 0 Å². The van der Waals surface area contributed by atoms with Crippen LogP contribution < -0.4 is 0 Å². The highest BCUT2D eigenvalue weighted by Gasteiger charge is 2.27. The van der Waals surface area contributed by atoms with Crippen LogP contribution in [0.15, 0.2) is 491 Å². The molecule has 0 atom stereocenters.